The Morgan fingerprint density at radius 3 is 1.17 bits per heavy atom. The second kappa shape index (κ2) is 19.6. The molecule has 0 N–H and O–H groups in total. The summed E-state index contributed by atoms with van der Waals surface area (Å²) >= 11 is 0. The van der Waals surface area contributed by atoms with Gasteiger partial charge in [0.05, 0.1) is 38.9 Å². The second-order valence-electron chi connectivity index (χ2n) is 10.3. The summed E-state index contributed by atoms with van der Waals surface area (Å²) in [7, 11) is 0. The normalized spacial score (nSPS) is 16.3. The molecule has 0 amide bonds. The van der Waals surface area contributed by atoms with Gasteiger partial charge in [0.15, 0.2) is 0 Å². The van der Waals surface area contributed by atoms with E-state index < -0.39 is 0 Å². The molecular weight excluding hydrogens is 366 g/mol. The topological polar surface area (TPSA) is 12.5 Å². The van der Waals surface area contributed by atoms with E-state index in [0.29, 0.717) is 6.10 Å². The highest BCUT2D eigenvalue weighted by Crippen LogP contribution is 2.22. The Balaban J connectivity index is 2.48. The molecule has 180 valence electrons. The lowest BCUT2D eigenvalue weighted by molar-refractivity contribution is -0.929. The van der Waals surface area contributed by atoms with E-state index in [1.54, 1.807) is 0 Å². The van der Waals surface area contributed by atoms with Crippen LogP contribution in [0.3, 0.4) is 0 Å². The third-order valence-corrected chi connectivity index (χ3v) is 7.29. The molecule has 1 rings (SSSR count). The highest BCUT2D eigenvalue weighted by molar-refractivity contribution is 4.69. The smallest absolute Gasteiger partial charge is 0.0863 e. The molecule has 0 aromatic heterocycles. The molecule has 0 radical (unpaired) electrons. The van der Waals surface area contributed by atoms with E-state index in [0.717, 1.165) is 6.61 Å². The SMILES string of the molecule is CCCCCCCC[N+](CCCCCCCC)(CCCCCCCC)CCC1CO1. The monoisotopic (exact) mass is 424 g/mol. The Morgan fingerprint density at radius 1 is 0.500 bits per heavy atom. The van der Waals surface area contributed by atoms with Gasteiger partial charge >= 0.3 is 0 Å². The van der Waals surface area contributed by atoms with Gasteiger partial charge in [-0.05, 0) is 38.5 Å². The van der Waals surface area contributed by atoms with E-state index in [9.17, 15) is 0 Å². The van der Waals surface area contributed by atoms with Crippen molar-refractivity contribution in [1.82, 2.24) is 0 Å². The number of epoxide rings is 1. The fraction of sp³-hybridized carbons (Fsp3) is 1.00. The van der Waals surface area contributed by atoms with Crippen molar-refractivity contribution in [2.24, 2.45) is 0 Å². The molecule has 0 spiro atoms. The predicted octanol–water partition coefficient (Wildman–Crippen LogP) is 8.67. The van der Waals surface area contributed by atoms with Crippen molar-refractivity contribution in [2.45, 2.75) is 149 Å². The molecule has 2 heteroatoms. The summed E-state index contributed by atoms with van der Waals surface area (Å²) in [5.41, 5.74) is 0. The standard InChI is InChI=1S/C28H58NO/c1-4-7-10-13-16-19-23-29(26-22-28-27-30-28,24-20-17-14-11-8-5-2)25-21-18-15-12-9-6-3/h28H,4-27H2,1-3H3/q+1. The van der Waals surface area contributed by atoms with E-state index in [-0.39, 0.29) is 0 Å². The van der Waals surface area contributed by atoms with E-state index in [1.165, 1.54) is 153 Å². The van der Waals surface area contributed by atoms with E-state index >= 15 is 0 Å². The molecule has 1 aliphatic rings. The van der Waals surface area contributed by atoms with E-state index in [4.69, 9.17) is 4.74 Å². The first-order valence-corrected chi connectivity index (χ1v) is 14.2. The maximum absolute atomic E-state index is 5.60. The van der Waals surface area contributed by atoms with Crippen molar-refractivity contribution >= 4 is 0 Å². The maximum Gasteiger partial charge on any atom is 0.0863 e. The zero-order valence-electron chi connectivity index (χ0n) is 21.4. The van der Waals surface area contributed by atoms with Crippen LogP contribution in [0.15, 0.2) is 0 Å². The van der Waals surface area contributed by atoms with Crippen molar-refractivity contribution in [3.63, 3.8) is 0 Å². The molecule has 30 heavy (non-hydrogen) atoms. The lowest BCUT2D eigenvalue weighted by atomic mass is 10.1. The van der Waals surface area contributed by atoms with Crippen LogP contribution in [0, 0.1) is 0 Å². The van der Waals surface area contributed by atoms with Gasteiger partial charge < -0.3 is 9.22 Å². The van der Waals surface area contributed by atoms with Crippen LogP contribution >= 0.6 is 0 Å². The minimum atomic E-state index is 0.598. The zero-order chi connectivity index (χ0) is 21.8. The van der Waals surface area contributed by atoms with Gasteiger partial charge in [0.1, 0.15) is 0 Å². The lowest BCUT2D eigenvalue weighted by Gasteiger charge is -2.39. The Labute approximate surface area is 191 Å². The number of nitrogens with zero attached hydrogens (tertiary/aromatic N) is 1. The first-order chi connectivity index (χ1) is 14.8. The van der Waals surface area contributed by atoms with Crippen molar-refractivity contribution in [3.8, 4) is 0 Å². The average Bonchev–Trinajstić information content (AvgIpc) is 3.58. The van der Waals surface area contributed by atoms with Gasteiger partial charge in [-0.25, -0.2) is 0 Å². The quantitative estimate of drug-likeness (QED) is 0.0857. The van der Waals surface area contributed by atoms with E-state index in [2.05, 4.69) is 20.8 Å². The van der Waals surface area contributed by atoms with Crippen LogP contribution in [-0.4, -0.2) is 43.4 Å². The van der Waals surface area contributed by atoms with Gasteiger partial charge in [-0.3, -0.25) is 0 Å². The number of ether oxygens (including phenoxy) is 1. The van der Waals surface area contributed by atoms with Crippen molar-refractivity contribution < 1.29 is 9.22 Å². The molecular formula is C28H58NO+. The van der Waals surface area contributed by atoms with Gasteiger partial charge in [-0.2, -0.15) is 0 Å². The van der Waals surface area contributed by atoms with Crippen LogP contribution in [-0.2, 0) is 4.74 Å². The van der Waals surface area contributed by atoms with Crippen molar-refractivity contribution in [1.29, 1.82) is 0 Å². The van der Waals surface area contributed by atoms with Crippen LogP contribution in [0.5, 0.6) is 0 Å². The Hall–Kier alpha value is -0.0800. The molecule has 0 aromatic rings. The van der Waals surface area contributed by atoms with Gasteiger partial charge in [-0.15, -0.1) is 0 Å². The maximum atomic E-state index is 5.60. The average molecular weight is 425 g/mol. The molecule has 0 bridgehead atoms. The molecule has 1 heterocycles. The molecule has 0 aromatic carbocycles. The number of rotatable bonds is 24. The summed E-state index contributed by atoms with van der Waals surface area (Å²) < 4.78 is 7.02. The molecule has 1 fully saturated rings. The number of hydrogen-bond acceptors (Lipinski definition) is 1. The van der Waals surface area contributed by atoms with Crippen LogP contribution in [0.4, 0.5) is 0 Å². The number of unbranched alkanes of at least 4 members (excludes halogenated alkanes) is 15. The lowest BCUT2D eigenvalue weighted by Crippen LogP contribution is -2.51. The third kappa shape index (κ3) is 15.7. The highest BCUT2D eigenvalue weighted by atomic mass is 16.6. The Bertz CT molecular complexity index is 312. The summed E-state index contributed by atoms with van der Waals surface area (Å²) in [6.45, 7) is 13.7. The second-order valence-corrected chi connectivity index (χ2v) is 10.3. The molecule has 1 saturated heterocycles. The number of quaternary nitrogens is 1. The zero-order valence-corrected chi connectivity index (χ0v) is 21.4. The fourth-order valence-electron chi connectivity index (χ4n) is 5.01. The first kappa shape index (κ1) is 28.0. The summed E-state index contributed by atoms with van der Waals surface area (Å²) in [6.07, 6.45) is 27.6. The third-order valence-electron chi connectivity index (χ3n) is 7.29. The van der Waals surface area contributed by atoms with Gasteiger partial charge in [0.25, 0.3) is 0 Å². The molecule has 0 saturated carbocycles. The minimum Gasteiger partial charge on any atom is -0.373 e. The Morgan fingerprint density at radius 2 is 0.833 bits per heavy atom. The first-order valence-electron chi connectivity index (χ1n) is 14.2. The van der Waals surface area contributed by atoms with E-state index in [1.807, 2.05) is 0 Å². The molecule has 1 atom stereocenters. The van der Waals surface area contributed by atoms with Crippen LogP contribution in [0.1, 0.15) is 143 Å². The highest BCUT2D eigenvalue weighted by Gasteiger charge is 2.31. The largest absolute Gasteiger partial charge is 0.373 e. The Kier molecular flexibility index (Phi) is 18.3. The molecule has 0 aliphatic carbocycles. The molecule has 1 unspecified atom stereocenters. The summed E-state index contributed by atoms with van der Waals surface area (Å²) in [4.78, 5) is 0. The van der Waals surface area contributed by atoms with Gasteiger partial charge in [-0.1, -0.05) is 97.8 Å². The number of hydrogen-bond donors (Lipinski definition) is 0. The van der Waals surface area contributed by atoms with Crippen LogP contribution < -0.4 is 0 Å². The predicted molar refractivity (Wildman–Crippen MR) is 134 cm³/mol. The van der Waals surface area contributed by atoms with Crippen LogP contribution in [0.2, 0.25) is 0 Å². The van der Waals surface area contributed by atoms with Gasteiger partial charge in [0, 0.05) is 6.42 Å². The summed E-state index contributed by atoms with van der Waals surface area (Å²) in [6, 6.07) is 0. The molecule has 1 aliphatic heterocycles. The minimum absolute atomic E-state index is 0.598. The van der Waals surface area contributed by atoms with Crippen LogP contribution in [0.25, 0.3) is 0 Å². The molecule has 2 nitrogen and oxygen atoms in total. The fourth-order valence-corrected chi connectivity index (χ4v) is 5.01. The van der Waals surface area contributed by atoms with Gasteiger partial charge in [0.2, 0.25) is 0 Å². The van der Waals surface area contributed by atoms with Crippen molar-refractivity contribution in [3.05, 3.63) is 0 Å². The summed E-state index contributed by atoms with van der Waals surface area (Å²) in [5, 5.41) is 0. The summed E-state index contributed by atoms with van der Waals surface area (Å²) in [5.74, 6) is 0. The van der Waals surface area contributed by atoms with Crippen molar-refractivity contribution in [2.75, 3.05) is 32.8 Å².